The molecule has 0 spiro atoms. The molecule has 0 radical (unpaired) electrons. The van der Waals surface area contributed by atoms with E-state index in [1.165, 1.54) is 5.56 Å². The SMILES string of the molecule is CC(C)CC(=O)N(CC(=O)N(CCc1ccccc1)Cc1ccco1)C(C)(C)C. The van der Waals surface area contributed by atoms with Crippen LogP contribution in [0, 0.1) is 5.92 Å². The van der Waals surface area contributed by atoms with Gasteiger partial charge < -0.3 is 14.2 Å². The van der Waals surface area contributed by atoms with Gasteiger partial charge in [-0.1, -0.05) is 44.2 Å². The van der Waals surface area contributed by atoms with E-state index in [1.54, 1.807) is 16.1 Å². The van der Waals surface area contributed by atoms with E-state index in [4.69, 9.17) is 4.42 Å². The number of carbonyl (C=O) groups excluding carboxylic acids is 2. The van der Waals surface area contributed by atoms with Crippen molar-refractivity contribution in [3.8, 4) is 0 Å². The number of amides is 2. The van der Waals surface area contributed by atoms with Crippen LogP contribution in [0.1, 0.15) is 52.4 Å². The van der Waals surface area contributed by atoms with E-state index in [2.05, 4.69) is 12.1 Å². The Bertz CT molecular complexity index is 761. The summed E-state index contributed by atoms with van der Waals surface area (Å²) in [5.41, 5.74) is 0.755. The summed E-state index contributed by atoms with van der Waals surface area (Å²) in [6.07, 6.45) is 2.80. The van der Waals surface area contributed by atoms with Crippen molar-refractivity contribution in [3.63, 3.8) is 0 Å². The first-order valence-electron chi connectivity index (χ1n) is 10.3. The Kier molecular flexibility index (Phi) is 8.06. The van der Waals surface area contributed by atoms with Crippen LogP contribution in [0.4, 0.5) is 0 Å². The molecule has 5 heteroatoms. The standard InChI is InChI=1S/C24H34N2O3/c1-19(2)16-22(27)26(24(3,4)5)18-23(28)25(17-21-12-9-15-29-21)14-13-20-10-7-6-8-11-20/h6-12,15,19H,13-14,16-18H2,1-5H3. The highest BCUT2D eigenvalue weighted by Gasteiger charge is 2.30. The number of rotatable bonds is 9. The van der Waals surface area contributed by atoms with Crippen molar-refractivity contribution in [2.75, 3.05) is 13.1 Å². The van der Waals surface area contributed by atoms with E-state index < -0.39 is 5.54 Å². The summed E-state index contributed by atoms with van der Waals surface area (Å²) in [6.45, 7) is 11.0. The van der Waals surface area contributed by atoms with E-state index in [0.717, 1.165) is 12.2 Å². The third-order valence-corrected chi connectivity index (χ3v) is 4.78. The predicted molar refractivity (Wildman–Crippen MR) is 115 cm³/mol. The highest BCUT2D eigenvalue weighted by molar-refractivity contribution is 5.85. The Labute approximate surface area is 174 Å². The van der Waals surface area contributed by atoms with Crippen LogP contribution in [0.5, 0.6) is 0 Å². The minimum atomic E-state index is -0.419. The lowest BCUT2D eigenvalue weighted by molar-refractivity contribution is -0.145. The summed E-state index contributed by atoms with van der Waals surface area (Å²) < 4.78 is 5.46. The fourth-order valence-corrected chi connectivity index (χ4v) is 3.19. The fourth-order valence-electron chi connectivity index (χ4n) is 3.19. The average Bonchev–Trinajstić information content (AvgIpc) is 3.15. The number of hydrogen-bond donors (Lipinski definition) is 0. The molecule has 0 atom stereocenters. The first-order chi connectivity index (χ1) is 13.7. The highest BCUT2D eigenvalue weighted by atomic mass is 16.3. The second-order valence-electron chi connectivity index (χ2n) is 8.88. The summed E-state index contributed by atoms with van der Waals surface area (Å²) in [7, 11) is 0. The quantitative estimate of drug-likeness (QED) is 0.624. The van der Waals surface area contributed by atoms with Gasteiger partial charge in [0, 0.05) is 18.5 Å². The van der Waals surface area contributed by atoms with Crippen molar-refractivity contribution in [2.24, 2.45) is 5.92 Å². The molecule has 0 saturated heterocycles. The molecule has 0 aliphatic heterocycles. The molecule has 0 fully saturated rings. The topological polar surface area (TPSA) is 53.8 Å². The van der Waals surface area contributed by atoms with Gasteiger partial charge in [0.05, 0.1) is 12.8 Å². The van der Waals surface area contributed by atoms with Gasteiger partial charge in [0.15, 0.2) is 0 Å². The van der Waals surface area contributed by atoms with Gasteiger partial charge >= 0.3 is 0 Å². The lowest BCUT2D eigenvalue weighted by atomic mass is 10.0. The number of nitrogens with zero attached hydrogens (tertiary/aromatic N) is 2. The van der Waals surface area contributed by atoms with Crippen LogP contribution in [-0.4, -0.2) is 40.2 Å². The number of furan rings is 1. The van der Waals surface area contributed by atoms with Crippen LogP contribution in [0.25, 0.3) is 0 Å². The van der Waals surface area contributed by atoms with E-state index in [0.29, 0.717) is 19.5 Å². The molecular weight excluding hydrogens is 364 g/mol. The Morgan fingerprint density at radius 3 is 2.24 bits per heavy atom. The van der Waals surface area contributed by atoms with Crippen molar-refractivity contribution in [1.82, 2.24) is 9.80 Å². The Balaban J connectivity index is 2.14. The minimum Gasteiger partial charge on any atom is -0.467 e. The van der Waals surface area contributed by atoms with Crippen molar-refractivity contribution in [1.29, 1.82) is 0 Å². The van der Waals surface area contributed by atoms with Gasteiger partial charge in [-0.2, -0.15) is 0 Å². The molecule has 0 saturated carbocycles. The van der Waals surface area contributed by atoms with Crippen LogP contribution in [0.2, 0.25) is 0 Å². The van der Waals surface area contributed by atoms with Gasteiger partial charge in [0.25, 0.3) is 0 Å². The van der Waals surface area contributed by atoms with E-state index in [9.17, 15) is 9.59 Å². The largest absolute Gasteiger partial charge is 0.467 e. The van der Waals surface area contributed by atoms with Crippen LogP contribution >= 0.6 is 0 Å². The van der Waals surface area contributed by atoms with Crippen molar-refractivity contribution in [3.05, 3.63) is 60.1 Å². The Morgan fingerprint density at radius 2 is 1.69 bits per heavy atom. The number of carbonyl (C=O) groups is 2. The number of hydrogen-bond acceptors (Lipinski definition) is 3. The maximum atomic E-state index is 13.2. The van der Waals surface area contributed by atoms with Gasteiger partial charge in [-0.15, -0.1) is 0 Å². The molecule has 0 aliphatic carbocycles. The first kappa shape index (κ1) is 22.7. The molecule has 1 aromatic heterocycles. The molecular formula is C24H34N2O3. The molecule has 1 heterocycles. The van der Waals surface area contributed by atoms with Crippen molar-refractivity contribution in [2.45, 2.75) is 59.5 Å². The van der Waals surface area contributed by atoms with Crippen LogP contribution < -0.4 is 0 Å². The zero-order valence-electron chi connectivity index (χ0n) is 18.4. The molecule has 5 nitrogen and oxygen atoms in total. The molecule has 158 valence electrons. The van der Waals surface area contributed by atoms with Crippen LogP contribution in [-0.2, 0) is 22.6 Å². The molecule has 0 aliphatic rings. The third-order valence-electron chi connectivity index (χ3n) is 4.78. The van der Waals surface area contributed by atoms with Gasteiger partial charge in [-0.25, -0.2) is 0 Å². The zero-order chi connectivity index (χ0) is 21.4. The lowest BCUT2D eigenvalue weighted by Gasteiger charge is -2.37. The highest BCUT2D eigenvalue weighted by Crippen LogP contribution is 2.18. The molecule has 2 rings (SSSR count). The van der Waals surface area contributed by atoms with E-state index in [-0.39, 0.29) is 24.3 Å². The molecule has 1 aromatic carbocycles. The third kappa shape index (κ3) is 7.41. The normalized spacial score (nSPS) is 11.5. The smallest absolute Gasteiger partial charge is 0.242 e. The Hall–Kier alpha value is -2.56. The lowest BCUT2D eigenvalue weighted by Crippen LogP contribution is -2.51. The van der Waals surface area contributed by atoms with Crippen molar-refractivity contribution >= 4 is 11.8 Å². The maximum absolute atomic E-state index is 13.2. The molecule has 0 bridgehead atoms. The monoisotopic (exact) mass is 398 g/mol. The van der Waals surface area contributed by atoms with Gasteiger partial charge in [-0.05, 0) is 50.8 Å². The first-order valence-corrected chi connectivity index (χ1v) is 10.3. The predicted octanol–water partition coefficient (Wildman–Crippen LogP) is 4.52. The van der Waals surface area contributed by atoms with Gasteiger partial charge in [-0.3, -0.25) is 9.59 Å². The summed E-state index contributed by atoms with van der Waals surface area (Å²) in [5.74, 6) is 0.938. The maximum Gasteiger partial charge on any atom is 0.242 e. The number of benzene rings is 1. The second kappa shape index (κ2) is 10.3. The summed E-state index contributed by atoms with van der Waals surface area (Å²) >= 11 is 0. The van der Waals surface area contributed by atoms with Crippen LogP contribution in [0.3, 0.4) is 0 Å². The molecule has 2 aromatic rings. The van der Waals surface area contributed by atoms with E-state index >= 15 is 0 Å². The molecule has 0 unspecified atom stereocenters. The minimum absolute atomic E-state index is 0.0156. The van der Waals surface area contributed by atoms with Gasteiger partial charge in [0.1, 0.15) is 12.3 Å². The van der Waals surface area contributed by atoms with Crippen molar-refractivity contribution < 1.29 is 14.0 Å². The van der Waals surface area contributed by atoms with Gasteiger partial charge in [0.2, 0.25) is 11.8 Å². The summed E-state index contributed by atoms with van der Waals surface area (Å²) in [5, 5.41) is 0. The Morgan fingerprint density at radius 1 is 1.00 bits per heavy atom. The molecule has 0 N–H and O–H groups in total. The van der Waals surface area contributed by atoms with Crippen LogP contribution in [0.15, 0.2) is 53.1 Å². The second-order valence-corrected chi connectivity index (χ2v) is 8.88. The summed E-state index contributed by atoms with van der Waals surface area (Å²) in [4.78, 5) is 29.5. The molecule has 29 heavy (non-hydrogen) atoms. The summed E-state index contributed by atoms with van der Waals surface area (Å²) in [6, 6.07) is 13.8. The molecule has 2 amide bonds. The average molecular weight is 399 g/mol. The van der Waals surface area contributed by atoms with E-state index in [1.807, 2.05) is 65.0 Å². The fraction of sp³-hybridized carbons (Fsp3) is 0.500. The zero-order valence-corrected chi connectivity index (χ0v) is 18.4.